The summed E-state index contributed by atoms with van der Waals surface area (Å²) in [6.45, 7) is 0. The van der Waals surface area contributed by atoms with Gasteiger partial charge in [0.25, 0.3) is 5.69 Å². The molecule has 0 fully saturated rings. The Hall–Kier alpha value is -3.45. The molecule has 13 heteroatoms. The van der Waals surface area contributed by atoms with Gasteiger partial charge in [0.15, 0.2) is 0 Å². The molecule has 0 spiro atoms. The average molecular weight is 427 g/mol. The van der Waals surface area contributed by atoms with Gasteiger partial charge in [-0.05, 0) is 30.3 Å². The second-order valence-electron chi connectivity index (χ2n) is 5.83. The predicted molar refractivity (Wildman–Crippen MR) is 96.3 cm³/mol. The van der Waals surface area contributed by atoms with Crippen LogP contribution in [0.1, 0.15) is 5.56 Å². The Morgan fingerprint density at radius 1 is 1.17 bits per heavy atom. The number of nitro benzene ring substituents is 1. The van der Waals surface area contributed by atoms with Gasteiger partial charge in [-0.1, -0.05) is 6.07 Å². The highest BCUT2D eigenvalue weighted by Gasteiger charge is 2.30. The van der Waals surface area contributed by atoms with E-state index in [2.05, 4.69) is 10.4 Å². The van der Waals surface area contributed by atoms with Gasteiger partial charge < -0.3 is 5.32 Å². The highest BCUT2D eigenvalue weighted by atomic mass is 32.2. The van der Waals surface area contributed by atoms with Crippen molar-refractivity contribution in [1.29, 1.82) is 0 Å². The fraction of sp³-hybridized carbons (Fsp3) is 0.0625. The Balaban J connectivity index is 1.92. The zero-order valence-electron chi connectivity index (χ0n) is 14.3. The average Bonchev–Trinajstić information content (AvgIpc) is 3.09. The smallest absolute Gasteiger partial charge is 0.347 e. The van der Waals surface area contributed by atoms with Gasteiger partial charge in [0, 0.05) is 6.07 Å². The van der Waals surface area contributed by atoms with Crippen molar-refractivity contribution in [3.63, 3.8) is 0 Å². The molecule has 152 valence electrons. The van der Waals surface area contributed by atoms with E-state index in [9.17, 15) is 31.7 Å². The van der Waals surface area contributed by atoms with Gasteiger partial charge >= 0.3 is 6.18 Å². The number of aromatic nitrogens is 2. The lowest BCUT2D eigenvalue weighted by atomic mass is 10.2. The summed E-state index contributed by atoms with van der Waals surface area (Å²) in [5, 5.41) is 22.8. The first-order valence-electron chi connectivity index (χ1n) is 7.76. The molecule has 0 bridgehead atoms. The molecule has 1 aromatic heterocycles. The van der Waals surface area contributed by atoms with Gasteiger partial charge in [-0.3, -0.25) is 10.1 Å². The lowest BCUT2D eigenvalue weighted by Gasteiger charge is -2.08. The van der Waals surface area contributed by atoms with Crippen LogP contribution in [0.5, 0.6) is 0 Å². The number of benzene rings is 2. The topological polar surface area (TPSA) is 133 Å². The van der Waals surface area contributed by atoms with Crippen molar-refractivity contribution in [3.05, 3.63) is 70.5 Å². The molecule has 9 nitrogen and oxygen atoms in total. The van der Waals surface area contributed by atoms with E-state index in [1.165, 1.54) is 24.5 Å². The first-order chi connectivity index (χ1) is 13.4. The number of nitrogens with one attached hydrogen (secondary N) is 1. The van der Waals surface area contributed by atoms with Crippen molar-refractivity contribution in [3.8, 4) is 5.69 Å². The largest absolute Gasteiger partial charge is 0.416 e. The molecular weight excluding hydrogens is 415 g/mol. The van der Waals surface area contributed by atoms with Crippen molar-refractivity contribution in [2.24, 2.45) is 5.14 Å². The molecule has 0 aliphatic carbocycles. The number of nitro groups is 1. The van der Waals surface area contributed by atoms with Crippen LogP contribution >= 0.6 is 0 Å². The van der Waals surface area contributed by atoms with Gasteiger partial charge in [-0.25, -0.2) is 18.2 Å². The predicted octanol–water partition coefficient (Wildman–Crippen LogP) is 3.19. The van der Waals surface area contributed by atoms with Crippen molar-refractivity contribution in [2.75, 3.05) is 5.32 Å². The molecule has 1 heterocycles. The third-order valence-electron chi connectivity index (χ3n) is 3.79. The maximum Gasteiger partial charge on any atom is 0.416 e. The molecule has 0 radical (unpaired) electrons. The molecule has 0 amide bonds. The van der Waals surface area contributed by atoms with Crippen molar-refractivity contribution >= 4 is 27.1 Å². The highest BCUT2D eigenvalue weighted by molar-refractivity contribution is 7.89. The van der Waals surface area contributed by atoms with E-state index in [1.807, 2.05) is 0 Å². The van der Waals surface area contributed by atoms with Gasteiger partial charge in [0.2, 0.25) is 10.0 Å². The van der Waals surface area contributed by atoms with Gasteiger partial charge in [-0.15, -0.1) is 0 Å². The second-order valence-corrected chi connectivity index (χ2v) is 7.39. The van der Waals surface area contributed by atoms with Crippen LogP contribution in [-0.4, -0.2) is 23.1 Å². The van der Waals surface area contributed by atoms with E-state index < -0.39 is 37.3 Å². The summed E-state index contributed by atoms with van der Waals surface area (Å²) < 4.78 is 62.5. The summed E-state index contributed by atoms with van der Waals surface area (Å²) in [6.07, 6.45) is -1.94. The summed E-state index contributed by atoms with van der Waals surface area (Å²) in [5.74, 6) is 0. The van der Waals surface area contributed by atoms with Gasteiger partial charge in [-0.2, -0.15) is 18.3 Å². The third kappa shape index (κ3) is 4.52. The molecule has 0 unspecified atom stereocenters. The minimum Gasteiger partial charge on any atom is -0.347 e. The Morgan fingerprint density at radius 3 is 2.52 bits per heavy atom. The molecule has 3 rings (SSSR count). The standard InChI is InChI=1S/C16H12F3N5O4S/c17-16(18,19)10-2-1-3-12(6-10)23-9-11(8-21-23)22-14-5-4-13(29(20,27)28)7-15(14)24(25)26/h1-9,22H,(H2,20,27,28). The number of rotatable bonds is 5. The normalized spacial score (nSPS) is 12.0. The minimum atomic E-state index is -4.52. The zero-order valence-corrected chi connectivity index (χ0v) is 15.1. The van der Waals surface area contributed by atoms with Gasteiger partial charge in [0.1, 0.15) is 5.69 Å². The fourth-order valence-corrected chi connectivity index (χ4v) is 2.99. The van der Waals surface area contributed by atoms with E-state index >= 15 is 0 Å². The third-order valence-corrected chi connectivity index (χ3v) is 4.71. The Morgan fingerprint density at radius 2 is 1.90 bits per heavy atom. The van der Waals surface area contributed by atoms with Crippen LogP contribution in [0.3, 0.4) is 0 Å². The molecule has 0 aliphatic rings. The SMILES string of the molecule is NS(=O)(=O)c1ccc(Nc2cnn(-c3cccc(C(F)(F)F)c3)c2)c([N+](=O)[O-])c1. The number of halogens is 3. The number of nitrogens with two attached hydrogens (primary N) is 1. The molecule has 0 saturated carbocycles. The quantitative estimate of drug-likeness (QED) is 0.475. The van der Waals surface area contributed by atoms with Crippen molar-refractivity contribution in [2.45, 2.75) is 11.1 Å². The number of primary sulfonamides is 1. The van der Waals surface area contributed by atoms with Crippen LogP contribution in [0.25, 0.3) is 5.69 Å². The van der Waals surface area contributed by atoms with Crippen molar-refractivity contribution in [1.82, 2.24) is 9.78 Å². The first kappa shape index (κ1) is 20.3. The van der Waals surface area contributed by atoms with Crippen LogP contribution in [0.4, 0.5) is 30.2 Å². The van der Waals surface area contributed by atoms with E-state index in [4.69, 9.17) is 5.14 Å². The highest BCUT2D eigenvalue weighted by Crippen LogP contribution is 2.32. The lowest BCUT2D eigenvalue weighted by Crippen LogP contribution is -2.12. The summed E-state index contributed by atoms with van der Waals surface area (Å²) in [6, 6.07) is 7.50. The monoisotopic (exact) mass is 427 g/mol. The molecule has 3 N–H and O–H groups in total. The molecule has 3 aromatic rings. The van der Waals surface area contributed by atoms with Crippen LogP contribution < -0.4 is 10.5 Å². The molecule has 2 aromatic carbocycles. The number of hydrogen-bond donors (Lipinski definition) is 2. The summed E-state index contributed by atoms with van der Waals surface area (Å²) in [7, 11) is -4.14. The Bertz CT molecular complexity index is 1190. The number of anilines is 2. The first-order valence-corrected chi connectivity index (χ1v) is 9.30. The van der Waals surface area contributed by atoms with E-state index in [0.717, 1.165) is 35.0 Å². The molecule has 0 atom stereocenters. The maximum absolute atomic E-state index is 12.9. The fourth-order valence-electron chi connectivity index (χ4n) is 2.45. The van der Waals surface area contributed by atoms with Crippen LogP contribution in [0, 0.1) is 10.1 Å². The minimum absolute atomic E-state index is 0.0500. The van der Waals surface area contributed by atoms with Crippen LogP contribution in [-0.2, 0) is 16.2 Å². The van der Waals surface area contributed by atoms with Gasteiger partial charge in [0.05, 0.1) is 39.2 Å². The maximum atomic E-state index is 12.9. The summed E-state index contributed by atoms with van der Waals surface area (Å²) in [4.78, 5) is 10.0. The molecule has 0 saturated heterocycles. The molecule has 29 heavy (non-hydrogen) atoms. The van der Waals surface area contributed by atoms with E-state index in [0.29, 0.717) is 0 Å². The summed E-state index contributed by atoms with van der Waals surface area (Å²) in [5.41, 5.74) is -1.09. The number of alkyl halides is 3. The van der Waals surface area contributed by atoms with Crippen LogP contribution in [0.15, 0.2) is 59.8 Å². The van der Waals surface area contributed by atoms with Crippen LogP contribution in [0.2, 0.25) is 0 Å². The van der Waals surface area contributed by atoms with Crippen molar-refractivity contribution < 1.29 is 26.5 Å². The Labute approximate surface area is 161 Å². The Kier molecular flexibility index (Phi) is 5.02. The zero-order chi connectivity index (χ0) is 21.4. The lowest BCUT2D eigenvalue weighted by molar-refractivity contribution is -0.384. The molecule has 0 aliphatic heterocycles. The van der Waals surface area contributed by atoms with E-state index in [-0.39, 0.29) is 17.1 Å². The van der Waals surface area contributed by atoms with E-state index in [1.54, 1.807) is 0 Å². The number of sulfonamides is 1. The second kappa shape index (κ2) is 7.18. The number of nitrogens with zero attached hydrogens (tertiary/aromatic N) is 3. The summed E-state index contributed by atoms with van der Waals surface area (Å²) >= 11 is 0. The molecular formula is C16H12F3N5O4S. The number of hydrogen-bond acceptors (Lipinski definition) is 6.